The summed E-state index contributed by atoms with van der Waals surface area (Å²) in [4.78, 5) is 0. The molecule has 0 spiro atoms. The molecule has 0 aromatic heterocycles. The number of fused-ring (bicyclic) bond motifs is 1. The van der Waals surface area contributed by atoms with Gasteiger partial charge in [-0.15, -0.1) is 0 Å². The van der Waals surface area contributed by atoms with Gasteiger partial charge in [-0.1, -0.05) is 51.0 Å². The number of hydrogen-bond donors (Lipinski definition) is 0. The number of rotatable bonds is 2. The van der Waals surface area contributed by atoms with Gasteiger partial charge in [-0.25, -0.2) is 0 Å². The van der Waals surface area contributed by atoms with E-state index in [0.717, 1.165) is 17.8 Å². The predicted octanol–water partition coefficient (Wildman–Crippen LogP) is 4.71. The molecule has 0 amide bonds. The maximum Gasteiger partial charge on any atom is -0.0131 e. The molecular weight excluding hydrogens is 192 g/mol. The quantitative estimate of drug-likeness (QED) is 0.672. The van der Waals surface area contributed by atoms with Gasteiger partial charge in [0, 0.05) is 0 Å². The fourth-order valence-corrected chi connectivity index (χ4v) is 3.12. The minimum absolute atomic E-state index is 0.796. The Kier molecular flexibility index (Phi) is 3.37. The monoisotopic (exact) mass is 216 g/mol. The van der Waals surface area contributed by atoms with E-state index < -0.39 is 0 Å². The third kappa shape index (κ3) is 2.16. The van der Waals surface area contributed by atoms with Gasteiger partial charge < -0.3 is 0 Å². The highest BCUT2D eigenvalue weighted by Gasteiger charge is 2.27. The van der Waals surface area contributed by atoms with Gasteiger partial charge in [-0.05, 0) is 48.6 Å². The summed E-state index contributed by atoms with van der Waals surface area (Å²) in [5.41, 5.74) is 4.66. The van der Waals surface area contributed by atoms with Crippen LogP contribution in [0.5, 0.6) is 0 Å². The third-order valence-corrected chi connectivity index (χ3v) is 4.25. The molecule has 1 aliphatic carbocycles. The van der Waals surface area contributed by atoms with Crippen molar-refractivity contribution in [2.24, 2.45) is 11.8 Å². The van der Waals surface area contributed by atoms with Gasteiger partial charge in [0.1, 0.15) is 0 Å². The summed E-state index contributed by atoms with van der Waals surface area (Å²) in [6, 6.07) is 7.07. The first-order valence-electron chi connectivity index (χ1n) is 6.71. The zero-order valence-corrected chi connectivity index (χ0v) is 11.1. The summed E-state index contributed by atoms with van der Waals surface area (Å²) in [7, 11) is 0. The molecule has 16 heavy (non-hydrogen) atoms. The molecule has 0 aliphatic heterocycles. The second-order valence-electron chi connectivity index (χ2n) is 5.74. The average molecular weight is 216 g/mol. The molecule has 88 valence electrons. The topological polar surface area (TPSA) is 0 Å². The Bertz CT molecular complexity index is 364. The van der Waals surface area contributed by atoms with Crippen molar-refractivity contribution in [1.29, 1.82) is 0 Å². The van der Waals surface area contributed by atoms with Gasteiger partial charge in [-0.3, -0.25) is 0 Å². The Hall–Kier alpha value is -0.780. The number of benzene rings is 1. The van der Waals surface area contributed by atoms with Crippen LogP contribution in [0.15, 0.2) is 18.2 Å². The zero-order chi connectivity index (χ0) is 11.7. The molecule has 0 radical (unpaired) electrons. The van der Waals surface area contributed by atoms with E-state index in [0.29, 0.717) is 0 Å². The predicted molar refractivity (Wildman–Crippen MR) is 70.9 cm³/mol. The van der Waals surface area contributed by atoms with Crippen LogP contribution in [0.2, 0.25) is 0 Å². The number of hydrogen-bond acceptors (Lipinski definition) is 0. The highest BCUT2D eigenvalue weighted by molar-refractivity contribution is 5.36. The largest absolute Gasteiger partial charge is 0.0651 e. The van der Waals surface area contributed by atoms with Gasteiger partial charge in [0.05, 0.1) is 0 Å². The van der Waals surface area contributed by atoms with Gasteiger partial charge in [0.25, 0.3) is 0 Å². The van der Waals surface area contributed by atoms with Crippen LogP contribution in [0.1, 0.15) is 56.2 Å². The van der Waals surface area contributed by atoms with Crippen LogP contribution in [-0.2, 0) is 6.42 Å². The van der Waals surface area contributed by atoms with E-state index in [-0.39, 0.29) is 0 Å². The van der Waals surface area contributed by atoms with Crippen molar-refractivity contribution in [2.45, 2.75) is 52.9 Å². The summed E-state index contributed by atoms with van der Waals surface area (Å²) >= 11 is 0. The Morgan fingerprint density at radius 2 is 2.12 bits per heavy atom. The van der Waals surface area contributed by atoms with E-state index in [9.17, 15) is 0 Å². The molecule has 1 aliphatic rings. The SMILES string of the molecule is CCC(C)C1CC(C)Cc2cc(C)ccc21. The highest BCUT2D eigenvalue weighted by atomic mass is 14.3. The van der Waals surface area contributed by atoms with Crippen LogP contribution in [-0.4, -0.2) is 0 Å². The fraction of sp³-hybridized carbons (Fsp3) is 0.625. The van der Waals surface area contributed by atoms with Crippen LogP contribution < -0.4 is 0 Å². The van der Waals surface area contributed by atoms with Crippen LogP contribution in [0.25, 0.3) is 0 Å². The molecule has 0 bridgehead atoms. The summed E-state index contributed by atoms with van der Waals surface area (Å²) in [5, 5.41) is 0. The standard InChI is InChI=1S/C16H24/c1-5-13(4)16-10-12(3)9-14-8-11(2)6-7-15(14)16/h6-8,12-13,16H,5,9-10H2,1-4H3. The van der Waals surface area contributed by atoms with Crippen LogP contribution in [0.4, 0.5) is 0 Å². The molecule has 3 atom stereocenters. The highest BCUT2D eigenvalue weighted by Crippen LogP contribution is 2.40. The van der Waals surface area contributed by atoms with E-state index in [1.807, 2.05) is 0 Å². The van der Waals surface area contributed by atoms with Crippen molar-refractivity contribution in [1.82, 2.24) is 0 Å². The number of aryl methyl sites for hydroxylation is 1. The second kappa shape index (κ2) is 4.61. The summed E-state index contributed by atoms with van der Waals surface area (Å²) in [6.07, 6.45) is 3.96. The Balaban J connectivity index is 2.37. The maximum atomic E-state index is 2.41. The van der Waals surface area contributed by atoms with Gasteiger partial charge in [-0.2, -0.15) is 0 Å². The summed E-state index contributed by atoms with van der Waals surface area (Å²) in [6.45, 7) is 9.34. The molecule has 0 saturated carbocycles. The van der Waals surface area contributed by atoms with Gasteiger partial charge >= 0.3 is 0 Å². The van der Waals surface area contributed by atoms with E-state index in [2.05, 4.69) is 45.9 Å². The minimum Gasteiger partial charge on any atom is -0.0651 e. The van der Waals surface area contributed by atoms with Crippen molar-refractivity contribution in [2.75, 3.05) is 0 Å². The summed E-state index contributed by atoms with van der Waals surface area (Å²) in [5.74, 6) is 2.47. The van der Waals surface area contributed by atoms with Gasteiger partial charge in [0.15, 0.2) is 0 Å². The van der Waals surface area contributed by atoms with E-state index >= 15 is 0 Å². The van der Waals surface area contributed by atoms with E-state index in [1.165, 1.54) is 24.8 Å². The first-order chi connectivity index (χ1) is 7.61. The van der Waals surface area contributed by atoms with E-state index in [4.69, 9.17) is 0 Å². The normalized spacial score (nSPS) is 26.2. The molecule has 0 fully saturated rings. The lowest BCUT2D eigenvalue weighted by atomic mass is 9.71. The van der Waals surface area contributed by atoms with Gasteiger partial charge in [0.2, 0.25) is 0 Å². The molecule has 0 N–H and O–H groups in total. The van der Waals surface area contributed by atoms with Crippen molar-refractivity contribution in [3.8, 4) is 0 Å². The van der Waals surface area contributed by atoms with Crippen LogP contribution >= 0.6 is 0 Å². The molecular formula is C16H24. The van der Waals surface area contributed by atoms with Crippen LogP contribution in [0.3, 0.4) is 0 Å². The Morgan fingerprint density at radius 3 is 2.81 bits per heavy atom. The molecule has 3 unspecified atom stereocenters. The second-order valence-corrected chi connectivity index (χ2v) is 5.74. The van der Waals surface area contributed by atoms with Crippen molar-refractivity contribution in [3.05, 3.63) is 34.9 Å². The Labute approximate surface area is 100 Å². The average Bonchev–Trinajstić information content (AvgIpc) is 2.26. The Morgan fingerprint density at radius 1 is 1.38 bits per heavy atom. The zero-order valence-electron chi connectivity index (χ0n) is 11.1. The van der Waals surface area contributed by atoms with Crippen molar-refractivity contribution in [3.63, 3.8) is 0 Å². The summed E-state index contributed by atoms with van der Waals surface area (Å²) < 4.78 is 0. The first-order valence-corrected chi connectivity index (χ1v) is 6.71. The fourth-order valence-electron chi connectivity index (χ4n) is 3.12. The maximum absolute atomic E-state index is 2.41. The van der Waals surface area contributed by atoms with E-state index in [1.54, 1.807) is 11.1 Å². The smallest absolute Gasteiger partial charge is 0.0131 e. The van der Waals surface area contributed by atoms with Crippen LogP contribution in [0, 0.1) is 18.8 Å². The molecule has 1 aromatic rings. The molecule has 0 saturated heterocycles. The molecule has 2 rings (SSSR count). The van der Waals surface area contributed by atoms with Crippen molar-refractivity contribution >= 4 is 0 Å². The minimum atomic E-state index is 0.796. The molecule has 0 nitrogen and oxygen atoms in total. The first kappa shape index (κ1) is 11.7. The third-order valence-electron chi connectivity index (χ3n) is 4.25. The lowest BCUT2D eigenvalue weighted by Crippen LogP contribution is -2.21. The molecule has 0 heteroatoms. The van der Waals surface area contributed by atoms with Crippen molar-refractivity contribution < 1.29 is 0 Å². The molecule has 1 aromatic carbocycles. The molecule has 0 heterocycles. The lowest BCUT2D eigenvalue weighted by molar-refractivity contribution is 0.340. The lowest BCUT2D eigenvalue weighted by Gasteiger charge is -2.33.